The van der Waals surface area contributed by atoms with Crippen LogP contribution in [0, 0.1) is 0 Å². The predicted octanol–water partition coefficient (Wildman–Crippen LogP) is 3.89. The molecule has 0 fully saturated rings. The summed E-state index contributed by atoms with van der Waals surface area (Å²) in [6.07, 6.45) is 0. The molecule has 3 rings (SSSR count). The molecule has 0 atom stereocenters. The van der Waals surface area contributed by atoms with Gasteiger partial charge >= 0.3 is 0 Å². The van der Waals surface area contributed by atoms with E-state index < -0.39 is 5.91 Å². The summed E-state index contributed by atoms with van der Waals surface area (Å²) in [6.45, 7) is 0. The fourth-order valence-electron chi connectivity index (χ4n) is 1.99. The lowest BCUT2D eigenvalue weighted by Crippen LogP contribution is -2.13. The Hall–Kier alpha value is -2.40. The van der Waals surface area contributed by atoms with Crippen LogP contribution >= 0.6 is 15.9 Å². The Morgan fingerprint density at radius 2 is 1.90 bits per heavy atom. The Morgan fingerprint density at radius 3 is 2.67 bits per heavy atom. The van der Waals surface area contributed by atoms with Gasteiger partial charge in [0.2, 0.25) is 5.88 Å². The van der Waals surface area contributed by atoms with Gasteiger partial charge in [-0.15, -0.1) is 0 Å². The second kappa shape index (κ2) is 5.54. The average Bonchev–Trinajstić information content (AvgIpc) is 2.46. The molecule has 0 spiro atoms. The lowest BCUT2D eigenvalue weighted by atomic mass is 10.1. The van der Waals surface area contributed by atoms with E-state index in [0.717, 1.165) is 15.4 Å². The summed E-state index contributed by atoms with van der Waals surface area (Å²) in [5.41, 5.74) is 6.42. The number of aromatic nitrogens is 1. The number of carbonyl (C=O) groups excluding carboxylic acids is 1. The zero-order valence-electron chi connectivity index (χ0n) is 10.9. The van der Waals surface area contributed by atoms with E-state index >= 15 is 0 Å². The minimum atomic E-state index is -0.571. The van der Waals surface area contributed by atoms with Crippen LogP contribution in [0.1, 0.15) is 10.4 Å². The molecule has 0 aliphatic heterocycles. The molecule has 5 heteroatoms. The van der Waals surface area contributed by atoms with Crippen molar-refractivity contribution in [3.63, 3.8) is 0 Å². The summed E-state index contributed by atoms with van der Waals surface area (Å²) in [5.74, 6) is 0.215. The summed E-state index contributed by atoms with van der Waals surface area (Å²) < 4.78 is 6.59. The third kappa shape index (κ3) is 2.87. The number of nitrogens with two attached hydrogens (primary N) is 1. The molecule has 21 heavy (non-hydrogen) atoms. The third-order valence-electron chi connectivity index (χ3n) is 2.97. The van der Waals surface area contributed by atoms with Crippen molar-refractivity contribution >= 4 is 32.7 Å². The summed E-state index contributed by atoms with van der Waals surface area (Å²) in [5, 5.41) is 0.841. The molecule has 0 radical (unpaired) electrons. The minimum absolute atomic E-state index is 0.208. The van der Waals surface area contributed by atoms with Crippen molar-refractivity contribution in [2.45, 2.75) is 0 Å². The molecule has 4 nitrogen and oxygen atoms in total. The van der Waals surface area contributed by atoms with Crippen LogP contribution in [0.3, 0.4) is 0 Å². The van der Waals surface area contributed by atoms with E-state index in [0.29, 0.717) is 5.75 Å². The maximum Gasteiger partial charge on any atom is 0.254 e. The monoisotopic (exact) mass is 342 g/mol. The maximum absolute atomic E-state index is 11.6. The van der Waals surface area contributed by atoms with Crippen LogP contribution < -0.4 is 10.5 Å². The number of pyridine rings is 1. The number of rotatable bonds is 3. The zero-order valence-corrected chi connectivity index (χ0v) is 12.5. The Kier molecular flexibility index (Phi) is 3.58. The topological polar surface area (TPSA) is 65.2 Å². The molecular formula is C16H11BrN2O2. The van der Waals surface area contributed by atoms with Gasteiger partial charge in [-0.1, -0.05) is 40.2 Å². The number of para-hydroxylation sites is 1. The van der Waals surface area contributed by atoms with E-state index in [9.17, 15) is 4.79 Å². The molecule has 0 saturated carbocycles. The highest BCUT2D eigenvalue weighted by atomic mass is 79.9. The van der Waals surface area contributed by atoms with Gasteiger partial charge in [-0.05, 0) is 30.3 Å². The van der Waals surface area contributed by atoms with Crippen LogP contribution in [0.15, 0.2) is 59.1 Å². The van der Waals surface area contributed by atoms with Crippen LogP contribution in [0.25, 0.3) is 10.9 Å². The molecule has 1 heterocycles. The van der Waals surface area contributed by atoms with Crippen LogP contribution in [0.4, 0.5) is 0 Å². The fourth-order valence-corrected chi connectivity index (χ4v) is 2.37. The fraction of sp³-hybridized carbons (Fsp3) is 0. The summed E-state index contributed by atoms with van der Waals surface area (Å²) in [6, 6.07) is 16.5. The Bertz CT molecular complexity index is 833. The molecule has 104 valence electrons. The van der Waals surface area contributed by atoms with Crippen LogP contribution in [-0.2, 0) is 0 Å². The van der Waals surface area contributed by atoms with Crippen LogP contribution in [0.2, 0.25) is 0 Å². The molecule has 2 aromatic carbocycles. The number of amides is 1. The number of ether oxygens (including phenoxy) is 1. The zero-order chi connectivity index (χ0) is 14.8. The highest BCUT2D eigenvalue weighted by Gasteiger charge is 2.14. The van der Waals surface area contributed by atoms with E-state index in [1.807, 2.05) is 36.4 Å². The molecule has 2 N–H and O–H groups in total. The van der Waals surface area contributed by atoms with Gasteiger partial charge in [0.1, 0.15) is 11.3 Å². The van der Waals surface area contributed by atoms with Crippen molar-refractivity contribution in [2.75, 3.05) is 0 Å². The smallest absolute Gasteiger partial charge is 0.254 e. The second-order valence-corrected chi connectivity index (χ2v) is 5.37. The van der Waals surface area contributed by atoms with Gasteiger partial charge in [-0.2, -0.15) is 0 Å². The molecule has 0 unspecified atom stereocenters. The van der Waals surface area contributed by atoms with Crippen molar-refractivity contribution in [1.29, 1.82) is 0 Å². The van der Waals surface area contributed by atoms with E-state index in [-0.39, 0.29) is 11.4 Å². The number of benzene rings is 2. The lowest BCUT2D eigenvalue weighted by molar-refractivity contribution is 0.0997. The lowest BCUT2D eigenvalue weighted by Gasteiger charge is -2.10. The SMILES string of the molecule is NC(=O)c1cc2ccccc2nc1Oc1cccc(Br)c1. The van der Waals surface area contributed by atoms with Crippen molar-refractivity contribution in [3.05, 3.63) is 64.6 Å². The number of carbonyl (C=O) groups is 1. The van der Waals surface area contributed by atoms with Gasteiger partial charge in [0, 0.05) is 9.86 Å². The average molecular weight is 343 g/mol. The van der Waals surface area contributed by atoms with Crippen molar-refractivity contribution < 1.29 is 9.53 Å². The number of halogens is 1. The highest BCUT2D eigenvalue weighted by Crippen LogP contribution is 2.28. The number of nitrogens with zero attached hydrogens (tertiary/aromatic N) is 1. The molecule has 1 aromatic heterocycles. The van der Waals surface area contributed by atoms with Crippen molar-refractivity contribution in [2.24, 2.45) is 5.73 Å². The van der Waals surface area contributed by atoms with E-state index in [2.05, 4.69) is 20.9 Å². The number of hydrogen-bond acceptors (Lipinski definition) is 3. The normalized spacial score (nSPS) is 10.5. The van der Waals surface area contributed by atoms with Gasteiger partial charge in [0.05, 0.1) is 5.52 Å². The number of fused-ring (bicyclic) bond motifs is 1. The van der Waals surface area contributed by atoms with E-state index in [1.54, 1.807) is 18.2 Å². The van der Waals surface area contributed by atoms with Crippen LogP contribution in [0.5, 0.6) is 11.6 Å². The van der Waals surface area contributed by atoms with Crippen molar-refractivity contribution in [3.8, 4) is 11.6 Å². The molecule has 0 aliphatic carbocycles. The van der Waals surface area contributed by atoms with Crippen LogP contribution in [-0.4, -0.2) is 10.9 Å². The van der Waals surface area contributed by atoms with Gasteiger partial charge in [0.25, 0.3) is 5.91 Å². The molecule has 0 saturated heterocycles. The third-order valence-corrected chi connectivity index (χ3v) is 3.46. The quantitative estimate of drug-likeness (QED) is 0.785. The maximum atomic E-state index is 11.6. The van der Waals surface area contributed by atoms with Gasteiger partial charge < -0.3 is 10.5 Å². The second-order valence-electron chi connectivity index (χ2n) is 4.46. The van der Waals surface area contributed by atoms with Gasteiger partial charge in [0.15, 0.2) is 0 Å². The van der Waals surface area contributed by atoms with Crippen molar-refractivity contribution in [1.82, 2.24) is 4.98 Å². The number of primary amides is 1. The molecular weight excluding hydrogens is 332 g/mol. The molecule has 0 aliphatic rings. The first kappa shape index (κ1) is 13.6. The Labute approximate surface area is 129 Å². The molecule has 3 aromatic rings. The Balaban J connectivity index is 2.11. The summed E-state index contributed by atoms with van der Waals surface area (Å²) in [7, 11) is 0. The molecule has 1 amide bonds. The molecule has 0 bridgehead atoms. The standard InChI is InChI=1S/C16H11BrN2O2/c17-11-5-3-6-12(9-11)21-16-13(15(18)20)8-10-4-1-2-7-14(10)19-16/h1-9H,(H2,18,20). The minimum Gasteiger partial charge on any atom is -0.438 e. The van der Waals surface area contributed by atoms with Gasteiger partial charge in [-0.3, -0.25) is 4.79 Å². The Morgan fingerprint density at radius 1 is 1.10 bits per heavy atom. The van der Waals surface area contributed by atoms with E-state index in [4.69, 9.17) is 10.5 Å². The predicted molar refractivity (Wildman–Crippen MR) is 84.5 cm³/mol. The first-order chi connectivity index (χ1) is 10.1. The first-order valence-corrected chi connectivity index (χ1v) is 7.06. The number of hydrogen-bond donors (Lipinski definition) is 1. The van der Waals surface area contributed by atoms with E-state index in [1.165, 1.54) is 0 Å². The summed E-state index contributed by atoms with van der Waals surface area (Å²) in [4.78, 5) is 16.0. The largest absolute Gasteiger partial charge is 0.438 e. The van der Waals surface area contributed by atoms with Gasteiger partial charge in [-0.25, -0.2) is 4.98 Å². The summed E-state index contributed by atoms with van der Waals surface area (Å²) >= 11 is 3.37. The highest BCUT2D eigenvalue weighted by molar-refractivity contribution is 9.10. The first-order valence-electron chi connectivity index (χ1n) is 6.26.